The third-order valence-electron chi connectivity index (χ3n) is 1.00. The van der Waals surface area contributed by atoms with Crippen molar-refractivity contribution in [3.05, 3.63) is 30.3 Å². The zero-order valence-corrected chi connectivity index (χ0v) is 8.68. The van der Waals surface area contributed by atoms with Crippen molar-refractivity contribution in [3.8, 4) is 5.75 Å². The van der Waals surface area contributed by atoms with Crippen LogP contribution in [0.15, 0.2) is 30.3 Å². The fourth-order valence-electron chi connectivity index (χ4n) is 0.655. The van der Waals surface area contributed by atoms with E-state index in [0.29, 0.717) is 5.75 Å². The number of alkyl halides is 2. The van der Waals surface area contributed by atoms with Gasteiger partial charge in [0.25, 0.3) is 0 Å². The second kappa shape index (κ2) is 7.90. The van der Waals surface area contributed by atoms with E-state index < -0.39 is 0 Å². The lowest BCUT2D eigenvalue weighted by Crippen LogP contribution is -2.00. The minimum absolute atomic E-state index is 0.194. The summed E-state index contributed by atoms with van der Waals surface area (Å²) in [5.41, 5.74) is 0. The smallest absolute Gasteiger partial charge is 0.308 e. The number of hydrogen-bond donors (Lipinski definition) is 0. The van der Waals surface area contributed by atoms with Crippen molar-refractivity contribution in [2.75, 3.05) is 5.34 Å². The van der Waals surface area contributed by atoms with Crippen molar-refractivity contribution in [3.63, 3.8) is 0 Å². The predicted molar refractivity (Wildman–Crippen MR) is 54.3 cm³/mol. The summed E-state index contributed by atoms with van der Waals surface area (Å²) in [7, 11) is 0. The van der Waals surface area contributed by atoms with Crippen molar-refractivity contribution in [1.29, 1.82) is 0 Å². The Labute approximate surface area is 87.4 Å². The summed E-state index contributed by atoms with van der Waals surface area (Å²) in [6.45, 7) is 1.38. The van der Waals surface area contributed by atoms with Crippen molar-refractivity contribution in [2.24, 2.45) is 0 Å². The Hall–Kier alpha value is -0.730. The quantitative estimate of drug-likeness (QED) is 0.414. The van der Waals surface area contributed by atoms with Gasteiger partial charge in [-0.1, -0.05) is 18.2 Å². The van der Waals surface area contributed by atoms with Gasteiger partial charge in [-0.05, 0) is 12.1 Å². The van der Waals surface area contributed by atoms with Crippen LogP contribution in [-0.4, -0.2) is 11.3 Å². The van der Waals surface area contributed by atoms with Gasteiger partial charge in [0.2, 0.25) is 0 Å². The molecule has 72 valence electrons. The Balaban J connectivity index is 0.000000424. The number of benzene rings is 1. The highest BCUT2D eigenvalue weighted by Gasteiger charge is 1.92. The maximum atomic E-state index is 10.4. The van der Waals surface area contributed by atoms with Crippen molar-refractivity contribution < 1.29 is 9.53 Å². The first-order chi connectivity index (χ1) is 6.20. The average molecular weight is 221 g/mol. The molecule has 0 aliphatic heterocycles. The van der Waals surface area contributed by atoms with E-state index in [1.54, 1.807) is 12.1 Å². The van der Waals surface area contributed by atoms with E-state index in [2.05, 4.69) is 0 Å². The van der Waals surface area contributed by atoms with E-state index in [-0.39, 0.29) is 11.3 Å². The molecule has 0 atom stereocenters. The Kier molecular flexibility index (Phi) is 7.45. The molecule has 0 saturated carbocycles. The van der Waals surface area contributed by atoms with Gasteiger partial charge in [0.1, 0.15) is 5.75 Å². The molecule has 0 saturated heterocycles. The number of rotatable bonds is 1. The molecule has 0 heterocycles. The van der Waals surface area contributed by atoms with Gasteiger partial charge in [-0.15, -0.1) is 23.2 Å². The summed E-state index contributed by atoms with van der Waals surface area (Å²) < 4.78 is 4.78. The molecule has 1 aromatic carbocycles. The molecular formula is C9H10Cl2O2. The zero-order valence-electron chi connectivity index (χ0n) is 7.17. The Morgan fingerprint density at radius 1 is 1.31 bits per heavy atom. The molecule has 4 heteroatoms. The summed E-state index contributed by atoms with van der Waals surface area (Å²) in [4.78, 5) is 10.4. The molecule has 13 heavy (non-hydrogen) atoms. The molecule has 0 bridgehead atoms. The summed E-state index contributed by atoms with van der Waals surface area (Å²) in [6.07, 6.45) is 0. The zero-order chi connectivity index (χ0) is 10.1. The first-order valence-corrected chi connectivity index (χ1v) is 4.63. The number of ether oxygens (including phenoxy) is 1. The monoisotopic (exact) mass is 220 g/mol. The minimum atomic E-state index is -0.286. The molecular weight excluding hydrogens is 211 g/mol. The second-order valence-electron chi connectivity index (χ2n) is 2.01. The molecule has 0 aliphatic rings. The van der Waals surface area contributed by atoms with E-state index in [4.69, 9.17) is 27.9 Å². The molecule has 0 aliphatic carbocycles. The van der Waals surface area contributed by atoms with E-state index in [1.807, 2.05) is 18.2 Å². The number of carbonyl (C=O) groups excluding carboxylic acids is 1. The highest BCUT2D eigenvalue weighted by atomic mass is 35.5. The first kappa shape index (κ1) is 12.3. The molecule has 1 aromatic rings. The number of halogens is 2. The van der Waals surface area contributed by atoms with Crippen LogP contribution in [0.5, 0.6) is 5.75 Å². The molecule has 2 nitrogen and oxygen atoms in total. The lowest BCUT2D eigenvalue weighted by Gasteiger charge is -1.97. The Bertz CT molecular complexity index is 237. The Morgan fingerprint density at radius 2 is 1.77 bits per heavy atom. The first-order valence-electron chi connectivity index (χ1n) is 3.56. The normalized spacial score (nSPS) is 8.23. The molecule has 1 rings (SSSR count). The average Bonchev–Trinajstić information content (AvgIpc) is 2.06. The van der Waals surface area contributed by atoms with Gasteiger partial charge in [0.15, 0.2) is 0 Å². The molecule has 0 aromatic heterocycles. The number of esters is 1. The lowest BCUT2D eigenvalue weighted by molar-refractivity contribution is -0.131. The van der Waals surface area contributed by atoms with Gasteiger partial charge in [-0.3, -0.25) is 4.79 Å². The second-order valence-corrected chi connectivity index (χ2v) is 2.82. The molecule has 0 fully saturated rings. The third kappa shape index (κ3) is 7.62. The SMILES string of the molecule is CC(=O)Oc1ccccc1.ClCCl. The van der Waals surface area contributed by atoms with Crippen molar-refractivity contribution >= 4 is 29.2 Å². The summed E-state index contributed by atoms with van der Waals surface area (Å²) in [6, 6.07) is 8.98. The van der Waals surface area contributed by atoms with Crippen LogP contribution in [0.4, 0.5) is 0 Å². The highest BCUT2D eigenvalue weighted by Crippen LogP contribution is 2.07. The molecule has 0 spiro atoms. The summed E-state index contributed by atoms with van der Waals surface area (Å²) >= 11 is 9.53. The van der Waals surface area contributed by atoms with Crippen LogP contribution in [0.1, 0.15) is 6.92 Å². The fourth-order valence-corrected chi connectivity index (χ4v) is 0.655. The lowest BCUT2D eigenvalue weighted by atomic mass is 10.3. The Morgan fingerprint density at radius 3 is 2.15 bits per heavy atom. The minimum Gasteiger partial charge on any atom is -0.427 e. The fraction of sp³-hybridized carbons (Fsp3) is 0.222. The highest BCUT2D eigenvalue weighted by molar-refractivity contribution is 6.40. The molecule has 0 amide bonds. The standard InChI is InChI=1S/C8H8O2.CH2Cl2/c1-7(9)10-8-5-3-2-4-6-8;2-1-3/h2-6H,1H3;1H2. The number of hydrogen-bond acceptors (Lipinski definition) is 2. The number of carbonyl (C=O) groups is 1. The van der Waals surface area contributed by atoms with E-state index in [9.17, 15) is 4.79 Å². The topological polar surface area (TPSA) is 26.3 Å². The maximum Gasteiger partial charge on any atom is 0.308 e. The van der Waals surface area contributed by atoms with Crippen LogP contribution in [0, 0.1) is 0 Å². The van der Waals surface area contributed by atoms with Crippen LogP contribution < -0.4 is 4.74 Å². The molecule has 0 unspecified atom stereocenters. The largest absolute Gasteiger partial charge is 0.427 e. The van der Waals surface area contributed by atoms with Gasteiger partial charge in [-0.2, -0.15) is 0 Å². The molecule has 0 radical (unpaired) electrons. The third-order valence-corrected chi connectivity index (χ3v) is 1.00. The van der Waals surface area contributed by atoms with E-state index in [1.165, 1.54) is 6.92 Å². The van der Waals surface area contributed by atoms with Crippen molar-refractivity contribution in [2.45, 2.75) is 6.92 Å². The van der Waals surface area contributed by atoms with Gasteiger partial charge in [-0.25, -0.2) is 0 Å². The van der Waals surface area contributed by atoms with E-state index >= 15 is 0 Å². The van der Waals surface area contributed by atoms with Crippen molar-refractivity contribution in [1.82, 2.24) is 0 Å². The van der Waals surface area contributed by atoms with Gasteiger partial charge in [0, 0.05) is 6.92 Å². The van der Waals surface area contributed by atoms with Crippen LogP contribution in [0.2, 0.25) is 0 Å². The number of para-hydroxylation sites is 1. The van der Waals surface area contributed by atoms with Gasteiger partial charge < -0.3 is 4.74 Å². The summed E-state index contributed by atoms with van der Waals surface area (Å²) in [5, 5.41) is 0.194. The van der Waals surface area contributed by atoms with E-state index in [0.717, 1.165) is 0 Å². The predicted octanol–water partition coefficient (Wildman–Crippen LogP) is 3.03. The summed E-state index contributed by atoms with van der Waals surface area (Å²) in [5.74, 6) is 0.307. The van der Waals surface area contributed by atoms with Gasteiger partial charge >= 0.3 is 5.97 Å². The van der Waals surface area contributed by atoms with Gasteiger partial charge in [0.05, 0.1) is 5.34 Å². The maximum absolute atomic E-state index is 10.4. The molecule has 0 N–H and O–H groups in total. The van der Waals surface area contributed by atoms with Crippen LogP contribution in [0.25, 0.3) is 0 Å². The van der Waals surface area contributed by atoms with Crippen LogP contribution in [0.3, 0.4) is 0 Å². The van der Waals surface area contributed by atoms with Crippen LogP contribution in [-0.2, 0) is 4.79 Å². The van der Waals surface area contributed by atoms with Crippen LogP contribution >= 0.6 is 23.2 Å².